The summed E-state index contributed by atoms with van der Waals surface area (Å²) in [7, 11) is 1.66. The third kappa shape index (κ3) is 3.69. The number of fused-ring (bicyclic) bond motifs is 1. The first kappa shape index (κ1) is 20.0. The van der Waals surface area contributed by atoms with Gasteiger partial charge in [0.15, 0.2) is 5.76 Å². The van der Waals surface area contributed by atoms with E-state index in [1.165, 1.54) is 15.9 Å². The average molecular weight is 441 g/mol. The number of ether oxygens (including phenoxy) is 2. The highest BCUT2D eigenvalue weighted by Gasteiger charge is 2.34. The monoisotopic (exact) mass is 440 g/mol. The Kier molecular flexibility index (Phi) is 5.17. The largest absolute Gasteiger partial charge is 0.497 e. The quantitative estimate of drug-likeness (QED) is 0.503. The second kappa shape index (κ2) is 7.99. The molecule has 162 valence electrons. The van der Waals surface area contributed by atoms with E-state index in [2.05, 4.69) is 34.9 Å². The molecule has 3 atom stereocenters. The van der Waals surface area contributed by atoms with Crippen molar-refractivity contribution in [1.82, 2.24) is 19.5 Å². The Morgan fingerprint density at radius 2 is 2.00 bits per heavy atom. The van der Waals surface area contributed by atoms with Gasteiger partial charge in [-0.1, -0.05) is 23.5 Å². The lowest BCUT2D eigenvalue weighted by Crippen LogP contribution is -2.47. The Morgan fingerprint density at radius 3 is 2.68 bits per heavy atom. The lowest BCUT2D eigenvalue weighted by atomic mass is 10.0. The van der Waals surface area contributed by atoms with Crippen molar-refractivity contribution in [3.63, 3.8) is 0 Å². The number of methoxy groups -OCH3 is 1. The van der Waals surface area contributed by atoms with Gasteiger partial charge >= 0.3 is 0 Å². The van der Waals surface area contributed by atoms with Gasteiger partial charge in [-0.05, 0) is 43.7 Å². The number of nitrogens with zero attached hydrogens (tertiary/aromatic N) is 4. The lowest BCUT2D eigenvalue weighted by molar-refractivity contribution is -0.0764. The fraction of sp³-hybridized carbons (Fsp3) is 0.364. The van der Waals surface area contributed by atoms with Crippen molar-refractivity contribution in [1.29, 1.82) is 0 Å². The summed E-state index contributed by atoms with van der Waals surface area (Å²) in [5, 5.41) is 15.6. The molecule has 8 nitrogen and oxygen atoms in total. The van der Waals surface area contributed by atoms with Crippen LogP contribution in [0.3, 0.4) is 0 Å². The van der Waals surface area contributed by atoms with Gasteiger partial charge in [0.05, 0.1) is 36.5 Å². The highest BCUT2D eigenvalue weighted by molar-refractivity contribution is 7.17. The molecule has 4 aromatic rings. The fourth-order valence-electron chi connectivity index (χ4n) is 4.21. The molecule has 1 saturated heterocycles. The third-order valence-electron chi connectivity index (χ3n) is 5.41. The summed E-state index contributed by atoms with van der Waals surface area (Å²) in [6.07, 6.45) is 1.76. The highest BCUT2D eigenvalue weighted by Crippen LogP contribution is 2.42. The Labute approximate surface area is 183 Å². The van der Waals surface area contributed by atoms with Gasteiger partial charge in [0.1, 0.15) is 5.75 Å². The van der Waals surface area contributed by atoms with E-state index in [-0.39, 0.29) is 24.1 Å². The maximum atomic E-state index is 11.2. The van der Waals surface area contributed by atoms with E-state index in [4.69, 9.17) is 13.9 Å². The topological polar surface area (TPSA) is 85.3 Å². The van der Waals surface area contributed by atoms with Gasteiger partial charge in [0.25, 0.3) is 0 Å². The van der Waals surface area contributed by atoms with Gasteiger partial charge in [0.2, 0.25) is 16.7 Å². The van der Waals surface area contributed by atoms with Gasteiger partial charge in [-0.25, -0.2) is 0 Å². The van der Waals surface area contributed by atoms with Crippen LogP contribution < -0.4 is 4.74 Å². The van der Waals surface area contributed by atoms with Crippen molar-refractivity contribution in [2.75, 3.05) is 20.2 Å². The molecule has 1 N–H and O–H groups in total. The first-order chi connectivity index (χ1) is 15.0. The number of aromatic hydroxyl groups is 1. The molecule has 0 unspecified atom stereocenters. The molecule has 31 heavy (non-hydrogen) atoms. The van der Waals surface area contributed by atoms with E-state index in [0.29, 0.717) is 16.5 Å². The Bertz CT molecular complexity index is 1180. The van der Waals surface area contributed by atoms with Crippen molar-refractivity contribution < 1.29 is 19.0 Å². The van der Waals surface area contributed by atoms with E-state index >= 15 is 0 Å². The van der Waals surface area contributed by atoms with E-state index in [1.807, 2.05) is 18.2 Å². The Hall–Kier alpha value is -2.88. The smallest absolute Gasteiger partial charge is 0.230 e. The van der Waals surface area contributed by atoms with E-state index in [1.54, 1.807) is 25.5 Å². The molecule has 1 fully saturated rings. The first-order valence-corrected chi connectivity index (χ1v) is 11.0. The molecule has 4 heterocycles. The molecule has 1 aliphatic rings. The molecule has 5 rings (SSSR count). The number of rotatable bonds is 5. The predicted molar refractivity (Wildman–Crippen MR) is 117 cm³/mol. The van der Waals surface area contributed by atoms with E-state index in [9.17, 15) is 5.11 Å². The van der Waals surface area contributed by atoms with Crippen LogP contribution in [0.25, 0.3) is 16.5 Å². The zero-order valence-corrected chi connectivity index (χ0v) is 18.4. The van der Waals surface area contributed by atoms with E-state index in [0.717, 1.165) is 29.3 Å². The second-order valence-electron chi connectivity index (χ2n) is 7.79. The molecule has 0 aliphatic carbocycles. The number of hydrogen-bond acceptors (Lipinski definition) is 8. The minimum atomic E-state index is -0.176. The normalized spacial score (nSPS) is 20.9. The zero-order chi connectivity index (χ0) is 21.5. The number of hydrogen-bond donors (Lipinski definition) is 1. The summed E-state index contributed by atoms with van der Waals surface area (Å²) in [6, 6.07) is 11.4. The molecule has 9 heteroatoms. The molecule has 0 saturated carbocycles. The third-order valence-corrected chi connectivity index (χ3v) is 6.48. The van der Waals surface area contributed by atoms with Crippen LogP contribution >= 0.6 is 11.3 Å². The summed E-state index contributed by atoms with van der Waals surface area (Å²) >= 11 is 1.43. The predicted octanol–water partition coefficient (Wildman–Crippen LogP) is 3.96. The summed E-state index contributed by atoms with van der Waals surface area (Å²) in [4.78, 5) is 8.31. The molecule has 0 spiro atoms. The van der Waals surface area contributed by atoms with Gasteiger partial charge in [-0.15, -0.1) is 5.10 Å². The van der Waals surface area contributed by atoms with Gasteiger partial charge in [-0.3, -0.25) is 4.90 Å². The van der Waals surface area contributed by atoms with Crippen LogP contribution in [0.2, 0.25) is 0 Å². The van der Waals surface area contributed by atoms with Gasteiger partial charge in [0, 0.05) is 13.1 Å². The molecule has 1 aliphatic heterocycles. The number of aromatic nitrogens is 3. The van der Waals surface area contributed by atoms with Crippen molar-refractivity contribution >= 4 is 16.3 Å². The van der Waals surface area contributed by atoms with Gasteiger partial charge < -0.3 is 19.0 Å². The summed E-state index contributed by atoms with van der Waals surface area (Å²) in [5.41, 5.74) is 1.03. The minimum absolute atomic E-state index is 0.0879. The summed E-state index contributed by atoms with van der Waals surface area (Å²) < 4.78 is 18.3. The highest BCUT2D eigenvalue weighted by atomic mass is 32.1. The van der Waals surface area contributed by atoms with Crippen molar-refractivity contribution in [2.24, 2.45) is 0 Å². The number of furan rings is 1. The van der Waals surface area contributed by atoms with Crippen molar-refractivity contribution in [3.8, 4) is 23.2 Å². The lowest BCUT2D eigenvalue weighted by Gasteiger charge is -2.40. The molecule has 3 aromatic heterocycles. The average Bonchev–Trinajstić information content (AvgIpc) is 3.47. The van der Waals surface area contributed by atoms with Crippen molar-refractivity contribution in [3.05, 3.63) is 53.1 Å². The SMILES string of the molecule is COc1cccc([C@H](c2sc3nc(-c4ccco4)nn3c2O)N2C[C@@H](C)O[C@H](C)C2)c1. The van der Waals surface area contributed by atoms with Crippen LogP contribution in [0.15, 0.2) is 47.1 Å². The molecular formula is C22H24N4O4S. The first-order valence-electron chi connectivity index (χ1n) is 10.2. The molecule has 0 bridgehead atoms. The Morgan fingerprint density at radius 1 is 1.19 bits per heavy atom. The second-order valence-corrected chi connectivity index (χ2v) is 8.80. The fourth-order valence-corrected chi connectivity index (χ4v) is 5.32. The van der Waals surface area contributed by atoms with E-state index < -0.39 is 0 Å². The number of thiazole rings is 1. The molecule has 0 amide bonds. The van der Waals surface area contributed by atoms with Crippen LogP contribution in [-0.4, -0.2) is 57.0 Å². The maximum Gasteiger partial charge on any atom is 0.230 e. The number of benzene rings is 1. The molecule has 1 aromatic carbocycles. The number of morpholine rings is 1. The summed E-state index contributed by atoms with van der Waals surface area (Å²) in [5.74, 6) is 1.88. The van der Waals surface area contributed by atoms with Crippen LogP contribution in [0, 0.1) is 0 Å². The minimum Gasteiger partial charge on any atom is -0.497 e. The van der Waals surface area contributed by atoms with Crippen LogP contribution in [0.5, 0.6) is 11.6 Å². The van der Waals surface area contributed by atoms with Crippen LogP contribution in [-0.2, 0) is 4.74 Å². The molecular weight excluding hydrogens is 416 g/mol. The van der Waals surface area contributed by atoms with Crippen LogP contribution in [0.1, 0.15) is 30.3 Å². The van der Waals surface area contributed by atoms with Gasteiger partial charge in [-0.2, -0.15) is 9.50 Å². The maximum absolute atomic E-state index is 11.2. The summed E-state index contributed by atoms with van der Waals surface area (Å²) in [6.45, 7) is 5.64. The standard InChI is InChI=1S/C22H24N4O4S/c1-13-11-25(12-14(2)30-13)18(15-6-4-7-16(10-15)28-3)19-21(27)26-22(31-19)23-20(24-26)17-8-5-9-29-17/h4-10,13-14,18,27H,11-12H2,1-3H3/t13-,14-,18-/m1/s1. The van der Waals surface area contributed by atoms with Crippen molar-refractivity contribution in [2.45, 2.75) is 32.1 Å². The molecule has 0 radical (unpaired) electrons. The van der Waals surface area contributed by atoms with Crippen LogP contribution in [0.4, 0.5) is 0 Å². The zero-order valence-electron chi connectivity index (χ0n) is 17.6. The Balaban J connectivity index is 1.61.